The Kier molecular flexibility index (Phi) is 6.38. The van der Waals surface area contributed by atoms with Gasteiger partial charge in [-0.1, -0.05) is 40.5 Å². The molecule has 0 radical (unpaired) electrons. The lowest BCUT2D eigenvalue weighted by Crippen LogP contribution is -2.51. The predicted molar refractivity (Wildman–Crippen MR) is 118 cm³/mol. The fraction of sp³-hybridized carbons (Fsp3) is 0.708. The lowest BCUT2D eigenvalue weighted by Gasteiger charge is -2.59. The minimum atomic E-state index is -0.0622. The number of methoxy groups -OCH3 is 1. The van der Waals surface area contributed by atoms with E-state index in [1.54, 1.807) is 14.2 Å². The zero-order valence-electron chi connectivity index (χ0n) is 18.4. The van der Waals surface area contributed by atoms with Crippen LogP contribution in [-0.4, -0.2) is 25.8 Å². The number of carbonyl (C=O) groups excluding carboxylic acids is 1. The van der Waals surface area contributed by atoms with Crippen molar-refractivity contribution in [3.63, 3.8) is 0 Å². The van der Waals surface area contributed by atoms with E-state index in [9.17, 15) is 4.79 Å². The predicted octanol–water partition coefficient (Wildman–Crippen LogP) is 6.03. The Balaban J connectivity index is 1.82. The molecule has 0 heterocycles. The average molecular weight is 404 g/mol. The second-order valence-corrected chi connectivity index (χ2v) is 10.9. The molecule has 4 unspecified atom stereocenters. The van der Waals surface area contributed by atoms with Gasteiger partial charge in [0, 0.05) is 23.3 Å². The first-order valence-electron chi connectivity index (χ1n) is 10.7. The van der Waals surface area contributed by atoms with Crippen molar-refractivity contribution in [3.05, 3.63) is 23.8 Å². The third-order valence-electron chi connectivity index (χ3n) is 7.76. The molecular weight excluding hydrogens is 366 g/mol. The summed E-state index contributed by atoms with van der Waals surface area (Å²) < 4.78 is 5.44. The Bertz CT molecular complexity index is 717. The summed E-state index contributed by atoms with van der Waals surface area (Å²) in [6.07, 6.45) is 6.81. The van der Waals surface area contributed by atoms with Gasteiger partial charge in [-0.25, -0.2) is 0 Å². The minimum Gasteiger partial charge on any atom is -0.497 e. The summed E-state index contributed by atoms with van der Waals surface area (Å²) >= 11 is 1.90. The van der Waals surface area contributed by atoms with Gasteiger partial charge >= 0.3 is 0 Å². The molecule has 2 aliphatic carbocycles. The summed E-state index contributed by atoms with van der Waals surface area (Å²) in [5, 5.41) is 2.72. The van der Waals surface area contributed by atoms with E-state index in [4.69, 9.17) is 4.74 Å². The third-order valence-corrected chi connectivity index (χ3v) is 8.85. The van der Waals surface area contributed by atoms with Gasteiger partial charge in [0.2, 0.25) is 0 Å². The zero-order chi connectivity index (χ0) is 20.5. The Morgan fingerprint density at radius 1 is 1.21 bits per heavy atom. The van der Waals surface area contributed by atoms with E-state index in [1.807, 2.05) is 23.9 Å². The van der Waals surface area contributed by atoms with Crippen molar-refractivity contribution in [3.8, 4) is 5.75 Å². The van der Waals surface area contributed by atoms with E-state index in [1.165, 1.54) is 32.1 Å². The van der Waals surface area contributed by atoms with Gasteiger partial charge in [0.25, 0.3) is 5.91 Å². The van der Waals surface area contributed by atoms with E-state index in [0.29, 0.717) is 22.3 Å². The average Bonchev–Trinajstić information content (AvgIpc) is 2.65. The summed E-state index contributed by atoms with van der Waals surface area (Å²) in [4.78, 5) is 13.3. The summed E-state index contributed by atoms with van der Waals surface area (Å²) in [6.45, 7) is 10.0. The van der Waals surface area contributed by atoms with Crippen LogP contribution in [0.25, 0.3) is 0 Å². The lowest BCUT2D eigenvalue weighted by molar-refractivity contribution is -0.0850. The van der Waals surface area contributed by atoms with Gasteiger partial charge in [0.15, 0.2) is 0 Å². The van der Waals surface area contributed by atoms with Crippen LogP contribution in [-0.2, 0) is 0 Å². The van der Waals surface area contributed by atoms with Crippen LogP contribution >= 0.6 is 11.8 Å². The molecule has 0 saturated heterocycles. The fourth-order valence-corrected chi connectivity index (χ4v) is 7.69. The summed E-state index contributed by atoms with van der Waals surface area (Å²) in [5.41, 5.74) is 1.55. The minimum absolute atomic E-state index is 0.0622. The van der Waals surface area contributed by atoms with E-state index in [0.717, 1.165) is 28.2 Å². The molecule has 156 valence electrons. The molecule has 0 bridgehead atoms. The summed E-state index contributed by atoms with van der Waals surface area (Å²) in [7, 11) is 3.33. The molecule has 2 fully saturated rings. The molecule has 2 saturated carbocycles. The highest BCUT2D eigenvalue weighted by atomic mass is 32.2. The van der Waals surface area contributed by atoms with Crippen LogP contribution in [0.15, 0.2) is 23.1 Å². The molecule has 1 N–H and O–H groups in total. The number of ether oxygens (including phenoxy) is 1. The molecule has 0 aromatic heterocycles. The van der Waals surface area contributed by atoms with Crippen LogP contribution < -0.4 is 10.1 Å². The first-order chi connectivity index (χ1) is 13.2. The second-order valence-electron chi connectivity index (χ2n) is 9.85. The summed E-state index contributed by atoms with van der Waals surface area (Å²) in [5.74, 6) is 4.10. The van der Waals surface area contributed by atoms with E-state index >= 15 is 0 Å². The number of fused-ring (bicyclic) bond motifs is 1. The van der Waals surface area contributed by atoms with Crippen molar-refractivity contribution in [2.24, 2.45) is 28.6 Å². The van der Waals surface area contributed by atoms with Gasteiger partial charge in [-0.3, -0.25) is 4.79 Å². The molecule has 4 heteroatoms. The number of rotatable bonds is 5. The Labute approximate surface area is 175 Å². The van der Waals surface area contributed by atoms with Gasteiger partial charge in [-0.15, -0.1) is 11.8 Å². The molecule has 3 nitrogen and oxygen atoms in total. The van der Waals surface area contributed by atoms with Crippen LogP contribution in [0.4, 0.5) is 0 Å². The zero-order valence-corrected chi connectivity index (χ0v) is 19.2. The molecule has 0 aliphatic heterocycles. The molecule has 1 aromatic rings. The summed E-state index contributed by atoms with van der Waals surface area (Å²) in [6, 6.07) is 5.88. The Hall–Kier alpha value is -1.16. The van der Waals surface area contributed by atoms with Gasteiger partial charge in [0.05, 0.1) is 7.11 Å². The van der Waals surface area contributed by atoms with Crippen LogP contribution in [0.5, 0.6) is 5.75 Å². The van der Waals surface area contributed by atoms with Crippen molar-refractivity contribution < 1.29 is 9.53 Å². The molecule has 0 spiro atoms. The number of benzene rings is 1. The number of carbonyl (C=O) groups is 1. The molecule has 3 rings (SSSR count). The van der Waals surface area contributed by atoms with Gasteiger partial charge in [0.1, 0.15) is 5.75 Å². The largest absolute Gasteiger partial charge is 0.497 e. The van der Waals surface area contributed by atoms with Gasteiger partial charge in [-0.05, 0) is 66.0 Å². The number of nitrogens with one attached hydrogen (secondary N) is 1. The van der Waals surface area contributed by atoms with Crippen molar-refractivity contribution >= 4 is 17.7 Å². The Morgan fingerprint density at radius 3 is 2.64 bits per heavy atom. The molecule has 28 heavy (non-hydrogen) atoms. The van der Waals surface area contributed by atoms with Crippen molar-refractivity contribution in [2.75, 3.05) is 19.9 Å². The monoisotopic (exact) mass is 403 g/mol. The number of hydrogen-bond donors (Lipinski definition) is 1. The highest BCUT2D eigenvalue weighted by Gasteiger charge is 2.53. The number of hydrogen-bond acceptors (Lipinski definition) is 3. The molecule has 2 aliphatic rings. The molecule has 4 atom stereocenters. The fourth-order valence-electron chi connectivity index (χ4n) is 6.20. The highest BCUT2D eigenvalue weighted by molar-refractivity contribution is 7.99. The topological polar surface area (TPSA) is 38.3 Å². The highest BCUT2D eigenvalue weighted by Crippen LogP contribution is 2.61. The maximum Gasteiger partial charge on any atom is 0.251 e. The standard InChI is InChI=1S/C24H37NO2S/c1-16-8-9-21-23(2,3)10-7-11-24(21,4)20(16)15-28-19-13-17(22(26)25-5)12-18(14-19)27-6/h12-14,16,20-21H,7-11,15H2,1-6H3,(H,25,26). The van der Waals surface area contributed by atoms with E-state index < -0.39 is 0 Å². The second kappa shape index (κ2) is 8.30. The number of thioether (sulfide) groups is 1. The normalized spacial score (nSPS) is 31.7. The van der Waals surface area contributed by atoms with Gasteiger partial charge < -0.3 is 10.1 Å². The van der Waals surface area contributed by atoms with Crippen molar-refractivity contribution in [1.29, 1.82) is 0 Å². The molecule has 1 amide bonds. The third kappa shape index (κ3) is 4.08. The van der Waals surface area contributed by atoms with E-state index in [2.05, 4.69) is 39.1 Å². The van der Waals surface area contributed by atoms with Crippen molar-refractivity contribution in [2.45, 2.75) is 64.7 Å². The smallest absolute Gasteiger partial charge is 0.251 e. The van der Waals surface area contributed by atoms with E-state index in [-0.39, 0.29) is 5.91 Å². The van der Waals surface area contributed by atoms with Crippen LogP contribution in [0.3, 0.4) is 0 Å². The van der Waals surface area contributed by atoms with Crippen LogP contribution in [0.1, 0.15) is 70.2 Å². The molecular formula is C24H37NO2S. The van der Waals surface area contributed by atoms with Crippen LogP contribution in [0, 0.1) is 28.6 Å². The maximum absolute atomic E-state index is 12.1. The number of amides is 1. The van der Waals surface area contributed by atoms with Gasteiger partial charge in [-0.2, -0.15) is 0 Å². The first kappa shape index (κ1) is 21.5. The SMILES string of the molecule is CNC(=O)c1cc(OC)cc(SCC2C(C)CCC3C(C)(C)CCCC23C)c1. The lowest BCUT2D eigenvalue weighted by atomic mass is 9.47. The quantitative estimate of drug-likeness (QED) is 0.610. The van der Waals surface area contributed by atoms with Crippen molar-refractivity contribution in [1.82, 2.24) is 5.32 Å². The van der Waals surface area contributed by atoms with Crippen LogP contribution in [0.2, 0.25) is 0 Å². The molecule has 1 aromatic carbocycles. The Morgan fingerprint density at radius 2 is 1.96 bits per heavy atom. The maximum atomic E-state index is 12.1. The first-order valence-corrected chi connectivity index (χ1v) is 11.7.